The molecular formula is C16H21ClF2N4O. The Kier molecular flexibility index (Phi) is 6.10. The molecule has 2 atom stereocenters. The number of hydrogen-bond donors (Lipinski definition) is 1. The van der Waals surface area contributed by atoms with Crippen LogP contribution in [-0.2, 0) is 0 Å². The molecule has 0 aromatic carbocycles. The van der Waals surface area contributed by atoms with Gasteiger partial charge in [-0.25, -0.2) is 18.6 Å². The lowest BCUT2D eigenvalue weighted by Gasteiger charge is -2.28. The van der Waals surface area contributed by atoms with Gasteiger partial charge in [0.05, 0.1) is 10.9 Å². The van der Waals surface area contributed by atoms with E-state index in [9.17, 15) is 13.6 Å². The Morgan fingerprint density at radius 1 is 1.38 bits per heavy atom. The summed E-state index contributed by atoms with van der Waals surface area (Å²) >= 11 is 5.64. The first-order valence-electron chi connectivity index (χ1n) is 8.13. The van der Waals surface area contributed by atoms with E-state index >= 15 is 0 Å². The van der Waals surface area contributed by atoms with Gasteiger partial charge in [0.2, 0.25) is 0 Å². The zero-order chi connectivity index (χ0) is 17.9. The first-order valence-corrected chi connectivity index (χ1v) is 8.51. The molecule has 2 aromatic rings. The number of pyridine rings is 1. The smallest absolute Gasteiger partial charge is 0.326 e. The topological polar surface area (TPSA) is 61.9 Å². The second-order valence-corrected chi connectivity index (χ2v) is 5.91. The molecule has 3 rings (SSSR count). The van der Waals surface area contributed by atoms with Crippen LogP contribution in [0.15, 0.2) is 11.0 Å². The molecule has 5 nitrogen and oxygen atoms in total. The quantitative estimate of drug-likeness (QED) is 0.617. The van der Waals surface area contributed by atoms with Gasteiger partial charge in [0.15, 0.2) is 17.3 Å². The van der Waals surface area contributed by atoms with E-state index in [2.05, 4.69) is 15.0 Å². The number of rotatable bonds is 1. The Morgan fingerprint density at radius 2 is 2.08 bits per heavy atom. The van der Waals surface area contributed by atoms with Crippen LogP contribution in [-0.4, -0.2) is 27.8 Å². The van der Waals surface area contributed by atoms with Crippen LogP contribution in [0.4, 0.5) is 14.6 Å². The van der Waals surface area contributed by atoms with Crippen LogP contribution in [0.5, 0.6) is 0 Å². The van der Waals surface area contributed by atoms with E-state index in [0.717, 1.165) is 19.3 Å². The molecule has 24 heavy (non-hydrogen) atoms. The highest BCUT2D eigenvalue weighted by Crippen LogP contribution is 2.32. The first kappa shape index (κ1) is 18.6. The van der Waals surface area contributed by atoms with Gasteiger partial charge in [-0.05, 0) is 12.8 Å². The number of H-pyrrole nitrogens is 1. The molecule has 1 N–H and O–H groups in total. The minimum atomic E-state index is -1.28. The number of aromatic nitrogens is 3. The first-order chi connectivity index (χ1) is 11.5. The lowest BCUT2D eigenvalue weighted by atomic mass is 10.1. The van der Waals surface area contributed by atoms with Gasteiger partial charge >= 0.3 is 5.69 Å². The highest BCUT2D eigenvalue weighted by Gasteiger charge is 2.29. The number of hydrogen-bond acceptors (Lipinski definition) is 4. The lowest BCUT2D eigenvalue weighted by Crippen LogP contribution is -2.37. The minimum absolute atomic E-state index is 0.0981. The third-order valence-electron chi connectivity index (χ3n) is 4.01. The van der Waals surface area contributed by atoms with Crippen LogP contribution in [0.3, 0.4) is 0 Å². The molecule has 132 valence electrons. The number of halogens is 3. The van der Waals surface area contributed by atoms with Crippen LogP contribution in [0.1, 0.15) is 40.0 Å². The second kappa shape index (κ2) is 7.88. The van der Waals surface area contributed by atoms with Crippen LogP contribution in [0.25, 0.3) is 10.9 Å². The zero-order valence-electron chi connectivity index (χ0n) is 13.9. The molecule has 0 aliphatic carbocycles. The van der Waals surface area contributed by atoms with Gasteiger partial charge < -0.3 is 9.88 Å². The fourth-order valence-corrected chi connectivity index (χ4v) is 2.95. The molecule has 0 radical (unpaired) electrons. The van der Waals surface area contributed by atoms with Crippen molar-refractivity contribution >= 4 is 28.3 Å². The molecule has 1 saturated heterocycles. The van der Waals surface area contributed by atoms with Crippen molar-refractivity contribution in [2.24, 2.45) is 5.92 Å². The van der Waals surface area contributed by atoms with Gasteiger partial charge in [-0.1, -0.05) is 38.8 Å². The molecule has 0 amide bonds. The van der Waals surface area contributed by atoms with Gasteiger partial charge in [0, 0.05) is 18.7 Å². The number of alkyl halides is 1. The van der Waals surface area contributed by atoms with Crippen LogP contribution >= 0.6 is 11.6 Å². The van der Waals surface area contributed by atoms with Crippen LogP contribution in [0.2, 0.25) is 5.15 Å². The van der Waals surface area contributed by atoms with E-state index in [1.165, 1.54) is 11.1 Å². The van der Waals surface area contributed by atoms with E-state index < -0.39 is 17.8 Å². The molecule has 1 aliphatic heterocycles. The van der Waals surface area contributed by atoms with E-state index in [1.807, 2.05) is 20.8 Å². The molecule has 3 heterocycles. The Balaban J connectivity index is 0.00000100. The molecule has 0 bridgehead atoms. The van der Waals surface area contributed by atoms with Crippen molar-refractivity contribution in [3.63, 3.8) is 0 Å². The summed E-state index contributed by atoms with van der Waals surface area (Å²) in [6, 6.07) is 0. The third-order valence-corrected chi connectivity index (χ3v) is 4.27. The van der Waals surface area contributed by atoms with Crippen LogP contribution in [0, 0.1) is 11.7 Å². The van der Waals surface area contributed by atoms with Gasteiger partial charge in [-0.15, -0.1) is 0 Å². The average molecular weight is 359 g/mol. The van der Waals surface area contributed by atoms with Crippen molar-refractivity contribution in [3.05, 3.63) is 27.7 Å². The summed E-state index contributed by atoms with van der Waals surface area (Å²) in [5, 5.41) is -0.0976. The summed E-state index contributed by atoms with van der Waals surface area (Å²) in [6.07, 6.45) is 2.47. The van der Waals surface area contributed by atoms with Crippen molar-refractivity contribution in [1.82, 2.24) is 15.0 Å². The minimum Gasteiger partial charge on any atom is -0.326 e. The summed E-state index contributed by atoms with van der Waals surface area (Å²) in [7, 11) is 0. The highest BCUT2D eigenvalue weighted by molar-refractivity contribution is 6.30. The molecule has 2 aromatic heterocycles. The SMILES string of the molecule is CC.CC1CCCCN(c2nc(=O)[nH]c3c(F)c(Cl)ncc23)C1F. The number of anilines is 1. The summed E-state index contributed by atoms with van der Waals surface area (Å²) < 4.78 is 28.7. The third kappa shape index (κ3) is 3.50. The highest BCUT2D eigenvalue weighted by atomic mass is 35.5. The fourth-order valence-electron chi connectivity index (χ4n) is 2.81. The number of nitrogens with zero attached hydrogens (tertiary/aromatic N) is 3. The monoisotopic (exact) mass is 358 g/mol. The van der Waals surface area contributed by atoms with E-state index in [4.69, 9.17) is 11.6 Å². The van der Waals surface area contributed by atoms with Crippen LogP contribution < -0.4 is 10.6 Å². The Bertz CT molecular complexity index is 768. The fraction of sp³-hybridized carbons (Fsp3) is 0.562. The number of fused-ring (bicyclic) bond motifs is 1. The summed E-state index contributed by atoms with van der Waals surface area (Å²) in [4.78, 5) is 23.1. The second-order valence-electron chi connectivity index (χ2n) is 5.56. The van der Waals surface area contributed by atoms with Gasteiger partial charge in [0.25, 0.3) is 0 Å². The van der Waals surface area contributed by atoms with Crippen molar-refractivity contribution in [1.29, 1.82) is 0 Å². The van der Waals surface area contributed by atoms with E-state index in [0.29, 0.717) is 6.54 Å². The maximum absolute atomic E-state index is 14.7. The summed E-state index contributed by atoms with van der Waals surface area (Å²) in [5.41, 5.74) is -0.841. The normalized spacial score (nSPS) is 21.2. The summed E-state index contributed by atoms with van der Waals surface area (Å²) in [5.74, 6) is -0.912. The number of nitrogens with one attached hydrogen (secondary N) is 1. The van der Waals surface area contributed by atoms with E-state index in [1.54, 1.807) is 0 Å². The number of aromatic amines is 1. The average Bonchev–Trinajstić information content (AvgIpc) is 2.75. The maximum atomic E-state index is 14.7. The zero-order valence-corrected chi connectivity index (χ0v) is 14.7. The lowest BCUT2D eigenvalue weighted by molar-refractivity contribution is 0.234. The van der Waals surface area contributed by atoms with Crippen molar-refractivity contribution in [3.8, 4) is 0 Å². The Hall–Kier alpha value is -1.76. The summed E-state index contributed by atoms with van der Waals surface area (Å²) in [6.45, 7) is 6.23. The predicted molar refractivity (Wildman–Crippen MR) is 91.7 cm³/mol. The van der Waals surface area contributed by atoms with Crippen molar-refractivity contribution in [2.45, 2.75) is 46.3 Å². The molecule has 1 fully saturated rings. The van der Waals surface area contributed by atoms with Crippen molar-refractivity contribution < 1.29 is 8.78 Å². The molecule has 0 spiro atoms. The van der Waals surface area contributed by atoms with E-state index in [-0.39, 0.29) is 27.8 Å². The van der Waals surface area contributed by atoms with Crippen molar-refractivity contribution in [2.75, 3.05) is 11.4 Å². The Morgan fingerprint density at radius 3 is 2.79 bits per heavy atom. The standard InChI is InChI=1S/C14H15ClF2N4O.C2H6/c1-7-4-2-3-5-21(12(7)17)13-8-6-18-11(15)9(16)10(8)19-14(22)20-13;1-2/h6-7,12H,2-5H2,1H3,(H,19,20,22);1-2H3. The molecule has 8 heteroatoms. The Labute approximate surface area is 144 Å². The largest absolute Gasteiger partial charge is 0.347 e. The maximum Gasteiger partial charge on any atom is 0.347 e. The molecular weight excluding hydrogens is 338 g/mol. The van der Waals surface area contributed by atoms with Gasteiger partial charge in [0.1, 0.15) is 5.82 Å². The van der Waals surface area contributed by atoms with Gasteiger partial charge in [-0.2, -0.15) is 4.98 Å². The molecule has 0 saturated carbocycles. The molecule has 1 aliphatic rings. The molecule has 2 unspecified atom stereocenters. The predicted octanol–water partition coefficient (Wildman–Crippen LogP) is 4.06. The van der Waals surface area contributed by atoms with Gasteiger partial charge in [-0.3, -0.25) is 0 Å².